The lowest BCUT2D eigenvalue weighted by atomic mass is 10.1. The van der Waals surface area contributed by atoms with Crippen LogP contribution in [0.15, 0.2) is 24.3 Å². The summed E-state index contributed by atoms with van der Waals surface area (Å²) in [7, 11) is 1.55. The number of carbonyl (C=O) groups is 3. The Kier molecular flexibility index (Phi) is 4.29. The summed E-state index contributed by atoms with van der Waals surface area (Å²) in [6.45, 7) is 0.766. The maximum Gasteiger partial charge on any atom is 0.340 e. The number of likely N-dealkylation sites (tertiary alicyclic amines) is 1. The van der Waals surface area contributed by atoms with E-state index in [1.54, 1.807) is 31.4 Å². The second kappa shape index (κ2) is 6.37. The van der Waals surface area contributed by atoms with Crippen LogP contribution in [0.1, 0.15) is 35.0 Å². The van der Waals surface area contributed by atoms with Gasteiger partial charge in [-0.15, -0.1) is 0 Å². The Bertz CT molecular complexity index is 645. The Morgan fingerprint density at radius 2 is 2.17 bits per heavy atom. The Balaban J connectivity index is 1.81. The molecule has 0 bridgehead atoms. The molecule has 2 amide bonds. The fourth-order valence-electron chi connectivity index (χ4n) is 2.98. The van der Waals surface area contributed by atoms with Crippen LogP contribution in [-0.2, 0) is 19.1 Å². The number of rotatable bonds is 5. The van der Waals surface area contributed by atoms with E-state index >= 15 is 0 Å². The van der Waals surface area contributed by atoms with Crippen LogP contribution in [0.4, 0.5) is 0 Å². The summed E-state index contributed by atoms with van der Waals surface area (Å²) in [6.07, 6.45) is -0.154. The second-order valence-electron chi connectivity index (χ2n) is 5.48. The first kappa shape index (κ1) is 15.5. The number of methoxy groups -OCH3 is 1. The van der Waals surface area contributed by atoms with E-state index in [0.29, 0.717) is 30.7 Å². The minimum absolute atomic E-state index is 0.189. The third kappa shape index (κ3) is 2.79. The van der Waals surface area contributed by atoms with Crippen molar-refractivity contribution in [2.24, 2.45) is 0 Å². The SMILES string of the molecule is COCCNC(=O)[C@@H]1CCC(=O)N1[C@H]1OC(=O)c2ccccc21. The van der Waals surface area contributed by atoms with E-state index in [9.17, 15) is 14.4 Å². The number of benzene rings is 1. The molecule has 0 unspecified atom stereocenters. The van der Waals surface area contributed by atoms with Gasteiger partial charge in [0.1, 0.15) is 6.04 Å². The lowest BCUT2D eigenvalue weighted by molar-refractivity contribution is -0.145. The minimum atomic E-state index is -0.827. The van der Waals surface area contributed by atoms with E-state index in [0.717, 1.165) is 0 Å². The molecule has 2 aliphatic heterocycles. The summed E-state index contributed by atoms with van der Waals surface area (Å²) in [6, 6.07) is 6.29. The Morgan fingerprint density at radius 3 is 2.96 bits per heavy atom. The smallest absolute Gasteiger partial charge is 0.340 e. The highest BCUT2D eigenvalue weighted by atomic mass is 16.6. The molecule has 1 saturated heterocycles. The van der Waals surface area contributed by atoms with Gasteiger partial charge in [-0.2, -0.15) is 0 Å². The van der Waals surface area contributed by atoms with Crippen molar-refractivity contribution in [1.29, 1.82) is 0 Å². The maximum absolute atomic E-state index is 12.3. The van der Waals surface area contributed by atoms with Crippen LogP contribution < -0.4 is 5.32 Å². The second-order valence-corrected chi connectivity index (χ2v) is 5.48. The topological polar surface area (TPSA) is 84.9 Å². The average molecular weight is 318 g/mol. The van der Waals surface area contributed by atoms with Crippen molar-refractivity contribution in [2.75, 3.05) is 20.3 Å². The molecule has 0 aromatic heterocycles. The zero-order chi connectivity index (χ0) is 16.4. The van der Waals surface area contributed by atoms with E-state index in [2.05, 4.69) is 5.32 Å². The summed E-state index contributed by atoms with van der Waals surface area (Å²) in [5.41, 5.74) is 1.07. The Hall–Kier alpha value is -2.41. The minimum Gasteiger partial charge on any atom is -0.433 e. The number of fused-ring (bicyclic) bond motifs is 1. The number of hydrogen-bond donors (Lipinski definition) is 1. The van der Waals surface area contributed by atoms with Gasteiger partial charge in [0.25, 0.3) is 0 Å². The van der Waals surface area contributed by atoms with Crippen LogP contribution in [-0.4, -0.2) is 49.0 Å². The number of carbonyl (C=O) groups excluding carboxylic acids is 3. The quantitative estimate of drug-likeness (QED) is 0.635. The predicted octanol–water partition coefficient (Wildman–Crippen LogP) is 0.609. The molecule has 1 fully saturated rings. The van der Waals surface area contributed by atoms with Gasteiger partial charge in [-0.05, 0) is 12.5 Å². The summed E-state index contributed by atoms with van der Waals surface area (Å²) in [4.78, 5) is 37.9. The lowest BCUT2D eigenvalue weighted by Crippen LogP contribution is -2.47. The fourth-order valence-corrected chi connectivity index (χ4v) is 2.98. The number of cyclic esters (lactones) is 1. The highest BCUT2D eigenvalue weighted by molar-refractivity contribution is 5.96. The zero-order valence-corrected chi connectivity index (χ0v) is 12.8. The Morgan fingerprint density at radius 1 is 1.39 bits per heavy atom. The largest absolute Gasteiger partial charge is 0.433 e. The first-order valence-corrected chi connectivity index (χ1v) is 7.51. The van der Waals surface area contributed by atoms with Gasteiger partial charge in [0, 0.05) is 25.6 Å². The van der Waals surface area contributed by atoms with Gasteiger partial charge < -0.3 is 14.8 Å². The van der Waals surface area contributed by atoms with Crippen molar-refractivity contribution in [2.45, 2.75) is 25.1 Å². The van der Waals surface area contributed by atoms with E-state index in [1.807, 2.05) is 0 Å². The summed E-state index contributed by atoms with van der Waals surface area (Å²) in [5, 5.41) is 2.74. The maximum atomic E-state index is 12.3. The van der Waals surface area contributed by atoms with Crippen molar-refractivity contribution in [3.05, 3.63) is 35.4 Å². The molecule has 1 aromatic carbocycles. The van der Waals surface area contributed by atoms with Gasteiger partial charge in [0.15, 0.2) is 0 Å². The van der Waals surface area contributed by atoms with Crippen molar-refractivity contribution >= 4 is 17.8 Å². The van der Waals surface area contributed by atoms with Gasteiger partial charge in [-0.3, -0.25) is 14.5 Å². The summed E-state index contributed by atoms with van der Waals surface area (Å²) < 4.78 is 10.3. The molecule has 7 heteroatoms. The molecule has 0 aliphatic carbocycles. The third-order valence-electron chi connectivity index (χ3n) is 4.08. The highest BCUT2D eigenvalue weighted by Crippen LogP contribution is 2.38. The van der Waals surface area contributed by atoms with Crippen LogP contribution >= 0.6 is 0 Å². The molecule has 2 atom stereocenters. The number of ether oxygens (including phenoxy) is 2. The molecular weight excluding hydrogens is 300 g/mol. The monoisotopic (exact) mass is 318 g/mol. The zero-order valence-electron chi connectivity index (χ0n) is 12.8. The molecule has 0 radical (unpaired) electrons. The number of nitrogens with zero attached hydrogens (tertiary/aromatic N) is 1. The van der Waals surface area contributed by atoms with Crippen LogP contribution in [0.5, 0.6) is 0 Å². The van der Waals surface area contributed by atoms with E-state index < -0.39 is 18.2 Å². The Labute approximate surface area is 133 Å². The molecule has 23 heavy (non-hydrogen) atoms. The number of amides is 2. The highest BCUT2D eigenvalue weighted by Gasteiger charge is 2.46. The van der Waals surface area contributed by atoms with Crippen molar-refractivity contribution in [1.82, 2.24) is 10.2 Å². The van der Waals surface area contributed by atoms with Crippen LogP contribution in [0.2, 0.25) is 0 Å². The molecule has 1 N–H and O–H groups in total. The molecule has 0 spiro atoms. The molecule has 2 aliphatic rings. The van der Waals surface area contributed by atoms with Crippen molar-refractivity contribution in [3.63, 3.8) is 0 Å². The predicted molar refractivity (Wildman–Crippen MR) is 79.4 cm³/mol. The standard InChI is InChI=1S/C16H18N2O5/c1-22-9-8-17-14(20)12-6-7-13(19)18(12)15-10-4-2-3-5-11(10)16(21)23-15/h2-5,12,15H,6-9H2,1H3,(H,17,20)/t12-,15-/m0/s1. The van der Waals surface area contributed by atoms with Gasteiger partial charge >= 0.3 is 5.97 Å². The average Bonchev–Trinajstić information content (AvgIpc) is 3.08. The van der Waals surface area contributed by atoms with Crippen molar-refractivity contribution < 1.29 is 23.9 Å². The number of esters is 1. The number of hydrogen-bond acceptors (Lipinski definition) is 5. The molecule has 7 nitrogen and oxygen atoms in total. The van der Waals surface area contributed by atoms with Gasteiger partial charge in [-0.1, -0.05) is 18.2 Å². The fraction of sp³-hybridized carbons (Fsp3) is 0.438. The lowest BCUT2D eigenvalue weighted by Gasteiger charge is -2.29. The first-order valence-electron chi connectivity index (χ1n) is 7.51. The van der Waals surface area contributed by atoms with Crippen molar-refractivity contribution in [3.8, 4) is 0 Å². The van der Waals surface area contributed by atoms with Gasteiger partial charge in [0.2, 0.25) is 18.0 Å². The van der Waals surface area contributed by atoms with E-state index in [4.69, 9.17) is 9.47 Å². The van der Waals surface area contributed by atoms with Crippen LogP contribution in [0.3, 0.4) is 0 Å². The number of nitrogens with one attached hydrogen (secondary N) is 1. The van der Waals surface area contributed by atoms with Crippen LogP contribution in [0.25, 0.3) is 0 Å². The molecule has 122 valence electrons. The van der Waals surface area contributed by atoms with Gasteiger partial charge in [-0.25, -0.2) is 4.79 Å². The first-order chi connectivity index (χ1) is 11.1. The third-order valence-corrected chi connectivity index (χ3v) is 4.08. The van der Waals surface area contributed by atoms with E-state index in [1.165, 1.54) is 4.90 Å². The molecule has 1 aromatic rings. The van der Waals surface area contributed by atoms with E-state index in [-0.39, 0.29) is 18.2 Å². The summed E-state index contributed by atoms with van der Waals surface area (Å²) in [5.74, 6) is -0.913. The van der Waals surface area contributed by atoms with Crippen LogP contribution in [0, 0.1) is 0 Å². The summed E-state index contributed by atoms with van der Waals surface area (Å²) >= 11 is 0. The molecule has 3 rings (SSSR count). The molecule has 2 heterocycles. The normalized spacial score (nSPS) is 22.9. The molecular formula is C16H18N2O5. The molecule has 0 saturated carbocycles. The van der Waals surface area contributed by atoms with Gasteiger partial charge in [0.05, 0.1) is 12.2 Å².